The maximum Gasteiger partial charge on any atom is 0.121 e. The molecule has 2 aromatic rings. The van der Waals surface area contributed by atoms with Gasteiger partial charge < -0.3 is 9.73 Å². The second-order valence-corrected chi connectivity index (χ2v) is 4.93. The number of likely N-dealkylation sites (N-methyl/N-ethyl adjacent to an activating group) is 1. The maximum atomic E-state index is 5.42. The van der Waals surface area contributed by atoms with Crippen LogP contribution in [-0.2, 0) is 6.42 Å². The Morgan fingerprint density at radius 1 is 1.25 bits per heavy atom. The Hall–Kier alpha value is -0.810. The molecule has 2 nitrogen and oxygen atoms in total. The Morgan fingerprint density at radius 3 is 2.56 bits per heavy atom. The molecule has 0 radical (unpaired) electrons. The van der Waals surface area contributed by atoms with E-state index >= 15 is 0 Å². The number of hydrogen-bond donors (Lipinski definition) is 1. The number of furan rings is 1. The molecule has 2 rings (SSSR count). The zero-order chi connectivity index (χ0) is 11.4. The van der Waals surface area contributed by atoms with Crippen LogP contribution in [0.5, 0.6) is 0 Å². The summed E-state index contributed by atoms with van der Waals surface area (Å²) >= 11 is 2.32. The second-order valence-electron chi connectivity index (χ2n) is 3.69. The zero-order valence-electron chi connectivity index (χ0n) is 9.11. The lowest BCUT2D eigenvalue weighted by molar-refractivity contribution is 0.429. The van der Waals surface area contributed by atoms with Crippen LogP contribution in [0.2, 0.25) is 0 Å². The van der Waals surface area contributed by atoms with Crippen molar-refractivity contribution in [3.05, 3.63) is 57.6 Å². The summed E-state index contributed by atoms with van der Waals surface area (Å²) in [6.45, 7) is 0. The summed E-state index contributed by atoms with van der Waals surface area (Å²) in [6, 6.07) is 12.8. The zero-order valence-corrected chi connectivity index (χ0v) is 11.3. The van der Waals surface area contributed by atoms with Crippen LogP contribution in [0.25, 0.3) is 0 Å². The molecule has 1 aromatic carbocycles. The summed E-state index contributed by atoms with van der Waals surface area (Å²) in [5.74, 6) is 0.987. The van der Waals surface area contributed by atoms with Gasteiger partial charge in [-0.15, -0.1) is 0 Å². The Kier molecular flexibility index (Phi) is 4.01. The van der Waals surface area contributed by atoms with Gasteiger partial charge in [0.05, 0.1) is 12.3 Å². The Morgan fingerprint density at radius 2 is 2.00 bits per heavy atom. The third kappa shape index (κ3) is 2.86. The molecule has 0 fully saturated rings. The molecule has 1 atom stereocenters. The van der Waals surface area contributed by atoms with Gasteiger partial charge >= 0.3 is 0 Å². The fourth-order valence-corrected chi connectivity index (χ4v) is 2.05. The molecular formula is C13H14INO. The van der Waals surface area contributed by atoms with Crippen molar-refractivity contribution in [3.63, 3.8) is 0 Å². The largest absolute Gasteiger partial charge is 0.468 e. The van der Waals surface area contributed by atoms with Gasteiger partial charge in [0.15, 0.2) is 0 Å². The van der Waals surface area contributed by atoms with Crippen molar-refractivity contribution < 1.29 is 4.42 Å². The molecule has 0 aliphatic heterocycles. The first-order valence-electron chi connectivity index (χ1n) is 5.24. The normalized spacial score (nSPS) is 12.6. The van der Waals surface area contributed by atoms with E-state index in [9.17, 15) is 0 Å². The fourth-order valence-electron chi connectivity index (χ4n) is 1.69. The molecule has 0 saturated carbocycles. The first-order valence-corrected chi connectivity index (χ1v) is 6.32. The van der Waals surface area contributed by atoms with Crippen molar-refractivity contribution >= 4 is 22.6 Å². The molecule has 0 aliphatic carbocycles. The Labute approximate surface area is 109 Å². The third-order valence-corrected chi connectivity index (χ3v) is 3.31. The van der Waals surface area contributed by atoms with Gasteiger partial charge in [-0.2, -0.15) is 0 Å². The van der Waals surface area contributed by atoms with E-state index in [1.165, 1.54) is 9.13 Å². The third-order valence-electron chi connectivity index (χ3n) is 2.59. The highest BCUT2D eigenvalue weighted by atomic mass is 127. The highest BCUT2D eigenvalue weighted by Gasteiger charge is 2.12. The minimum absolute atomic E-state index is 0.245. The van der Waals surface area contributed by atoms with E-state index in [4.69, 9.17) is 4.42 Å². The van der Waals surface area contributed by atoms with Crippen molar-refractivity contribution in [3.8, 4) is 0 Å². The lowest BCUT2D eigenvalue weighted by atomic mass is 10.0. The van der Waals surface area contributed by atoms with Crippen LogP contribution >= 0.6 is 22.6 Å². The average molecular weight is 327 g/mol. The molecule has 0 spiro atoms. The smallest absolute Gasteiger partial charge is 0.121 e. The van der Waals surface area contributed by atoms with Gasteiger partial charge in [0.25, 0.3) is 0 Å². The second kappa shape index (κ2) is 5.50. The number of halogens is 1. The number of rotatable bonds is 4. The molecular weight excluding hydrogens is 313 g/mol. The van der Waals surface area contributed by atoms with Gasteiger partial charge in [0.1, 0.15) is 5.76 Å². The molecule has 16 heavy (non-hydrogen) atoms. The predicted octanol–water partition coefficient (Wildman–Crippen LogP) is 3.39. The van der Waals surface area contributed by atoms with E-state index in [2.05, 4.69) is 52.2 Å². The molecule has 84 valence electrons. The van der Waals surface area contributed by atoms with Crippen molar-refractivity contribution in [1.82, 2.24) is 5.32 Å². The van der Waals surface area contributed by atoms with E-state index in [0.717, 1.165) is 12.2 Å². The van der Waals surface area contributed by atoms with E-state index in [1.807, 2.05) is 19.2 Å². The standard InChI is InChI=1S/C13H14INO/c1-15-12(13-3-2-8-16-13)9-10-4-6-11(14)7-5-10/h2-8,12,15H,9H2,1H3. The van der Waals surface area contributed by atoms with Gasteiger partial charge in [-0.3, -0.25) is 0 Å². The van der Waals surface area contributed by atoms with Crippen LogP contribution in [0.1, 0.15) is 17.4 Å². The van der Waals surface area contributed by atoms with Crippen LogP contribution in [-0.4, -0.2) is 7.05 Å². The first kappa shape index (κ1) is 11.7. The van der Waals surface area contributed by atoms with Crippen molar-refractivity contribution in [2.24, 2.45) is 0 Å². The number of benzene rings is 1. The Bertz CT molecular complexity index is 422. The van der Waals surface area contributed by atoms with Crippen LogP contribution in [0.4, 0.5) is 0 Å². The molecule has 0 saturated heterocycles. The summed E-state index contributed by atoms with van der Waals surface area (Å²) in [5, 5.41) is 3.27. The van der Waals surface area contributed by atoms with Gasteiger partial charge in [-0.05, 0) is 65.9 Å². The summed E-state index contributed by atoms with van der Waals surface area (Å²) in [6.07, 6.45) is 2.66. The Balaban J connectivity index is 2.10. The van der Waals surface area contributed by atoms with Gasteiger partial charge in [0.2, 0.25) is 0 Å². The van der Waals surface area contributed by atoms with Gasteiger partial charge in [0, 0.05) is 3.57 Å². The van der Waals surface area contributed by atoms with Crippen LogP contribution in [0.15, 0.2) is 47.1 Å². The number of nitrogens with one attached hydrogen (secondary N) is 1. The van der Waals surface area contributed by atoms with Crippen LogP contribution in [0, 0.1) is 3.57 Å². The first-order chi connectivity index (χ1) is 7.79. The minimum Gasteiger partial charge on any atom is -0.468 e. The van der Waals surface area contributed by atoms with E-state index < -0.39 is 0 Å². The molecule has 1 heterocycles. The predicted molar refractivity (Wildman–Crippen MR) is 73.4 cm³/mol. The van der Waals surface area contributed by atoms with Crippen molar-refractivity contribution in [2.75, 3.05) is 7.05 Å². The van der Waals surface area contributed by atoms with Crippen molar-refractivity contribution in [2.45, 2.75) is 12.5 Å². The molecule has 0 aliphatic rings. The highest BCUT2D eigenvalue weighted by molar-refractivity contribution is 14.1. The molecule has 1 unspecified atom stereocenters. The SMILES string of the molecule is CNC(Cc1ccc(I)cc1)c1ccco1. The number of hydrogen-bond acceptors (Lipinski definition) is 2. The maximum absolute atomic E-state index is 5.42. The van der Waals surface area contributed by atoms with Crippen molar-refractivity contribution in [1.29, 1.82) is 0 Å². The van der Waals surface area contributed by atoms with Gasteiger partial charge in [-0.1, -0.05) is 12.1 Å². The van der Waals surface area contributed by atoms with Crippen LogP contribution in [0.3, 0.4) is 0 Å². The summed E-state index contributed by atoms with van der Waals surface area (Å²) in [5.41, 5.74) is 1.32. The van der Waals surface area contributed by atoms with E-state index in [1.54, 1.807) is 6.26 Å². The molecule has 1 N–H and O–H groups in total. The minimum atomic E-state index is 0.245. The summed E-state index contributed by atoms with van der Waals surface area (Å²) in [7, 11) is 1.96. The van der Waals surface area contributed by atoms with E-state index in [0.29, 0.717) is 0 Å². The lowest BCUT2D eigenvalue weighted by Crippen LogP contribution is -2.18. The fraction of sp³-hybridized carbons (Fsp3) is 0.231. The monoisotopic (exact) mass is 327 g/mol. The quantitative estimate of drug-likeness (QED) is 0.871. The summed E-state index contributed by atoms with van der Waals surface area (Å²) < 4.78 is 6.68. The van der Waals surface area contributed by atoms with E-state index in [-0.39, 0.29) is 6.04 Å². The summed E-state index contributed by atoms with van der Waals surface area (Å²) in [4.78, 5) is 0. The average Bonchev–Trinajstić information content (AvgIpc) is 2.82. The molecule has 0 amide bonds. The molecule has 1 aromatic heterocycles. The van der Waals surface area contributed by atoms with Crippen LogP contribution < -0.4 is 5.32 Å². The highest BCUT2D eigenvalue weighted by Crippen LogP contribution is 2.19. The molecule has 0 bridgehead atoms. The molecule has 3 heteroatoms. The lowest BCUT2D eigenvalue weighted by Gasteiger charge is -2.13. The van der Waals surface area contributed by atoms with Gasteiger partial charge in [-0.25, -0.2) is 0 Å². The topological polar surface area (TPSA) is 25.2 Å².